The Labute approximate surface area is 184 Å². The van der Waals surface area contributed by atoms with Crippen LogP contribution >= 0.6 is 0 Å². The van der Waals surface area contributed by atoms with Crippen LogP contribution in [0, 0.1) is 11.7 Å². The van der Waals surface area contributed by atoms with Gasteiger partial charge in [0.1, 0.15) is 10.7 Å². The standard InChI is InChI=1S/C21H22FN3O6S/c1-31-21(28)14-6-7-16(22)18(12-14)32(29,30)24-17-5-3-2-4-15(17)20(27)25-10-8-13(9-11-25)19(23)26/h2-7,12-13,24H,8-11H2,1H3,(H2,23,26). The number of nitrogens with two attached hydrogens (primary N) is 1. The number of methoxy groups -OCH3 is 1. The third-order valence-corrected chi connectivity index (χ3v) is 6.61. The number of nitrogens with zero attached hydrogens (tertiary/aromatic N) is 1. The molecule has 2 aromatic rings. The van der Waals surface area contributed by atoms with Gasteiger partial charge in [-0.15, -0.1) is 0 Å². The number of benzene rings is 2. The number of nitrogens with one attached hydrogen (secondary N) is 1. The van der Waals surface area contributed by atoms with Gasteiger partial charge >= 0.3 is 5.97 Å². The summed E-state index contributed by atoms with van der Waals surface area (Å²) in [6.45, 7) is 0.590. The van der Waals surface area contributed by atoms with Crippen LogP contribution in [0.5, 0.6) is 0 Å². The fourth-order valence-electron chi connectivity index (χ4n) is 3.45. The van der Waals surface area contributed by atoms with Gasteiger partial charge in [0, 0.05) is 19.0 Å². The topological polar surface area (TPSA) is 136 Å². The van der Waals surface area contributed by atoms with Crippen LogP contribution < -0.4 is 10.5 Å². The molecule has 0 bridgehead atoms. The minimum absolute atomic E-state index is 0.0441. The molecule has 32 heavy (non-hydrogen) atoms. The molecule has 1 aliphatic rings. The number of anilines is 1. The number of rotatable bonds is 6. The summed E-state index contributed by atoms with van der Waals surface area (Å²) in [4.78, 5) is 36.8. The second kappa shape index (κ2) is 9.35. The van der Waals surface area contributed by atoms with Crippen molar-refractivity contribution in [3.8, 4) is 0 Å². The van der Waals surface area contributed by atoms with Crippen molar-refractivity contribution in [1.82, 2.24) is 4.90 Å². The average molecular weight is 463 g/mol. The van der Waals surface area contributed by atoms with E-state index in [2.05, 4.69) is 9.46 Å². The molecular weight excluding hydrogens is 441 g/mol. The number of sulfonamides is 1. The quantitative estimate of drug-likeness (QED) is 0.627. The second-order valence-electron chi connectivity index (χ2n) is 7.26. The van der Waals surface area contributed by atoms with Crippen molar-refractivity contribution in [2.24, 2.45) is 11.7 Å². The van der Waals surface area contributed by atoms with Crippen molar-refractivity contribution in [1.29, 1.82) is 0 Å². The maximum atomic E-state index is 14.3. The number of primary amides is 1. The van der Waals surface area contributed by atoms with Crippen molar-refractivity contribution in [3.63, 3.8) is 0 Å². The van der Waals surface area contributed by atoms with Crippen LogP contribution in [0.4, 0.5) is 10.1 Å². The van der Waals surface area contributed by atoms with Crippen LogP contribution in [0.3, 0.4) is 0 Å². The Hall–Kier alpha value is -3.47. The zero-order chi connectivity index (χ0) is 23.5. The van der Waals surface area contributed by atoms with Crippen LogP contribution in [-0.4, -0.2) is 51.3 Å². The van der Waals surface area contributed by atoms with Crippen molar-refractivity contribution in [3.05, 3.63) is 59.4 Å². The first-order chi connectivity index (χ1) is 15.1. The van der Waals surface area contributed by atoms with Gasteiger partial charge in [0.2, 0.25) is 5.91 Å². The minimum atomic E-state index is -4.48. The number of para-hydroxylation sites is 1. The van der Waals surface area contributed by atoms with Crippen molar-refractivity contribution in [2.45, 2.75) is 17.7 Å². The van der Waals surface area contributed by atoms with Gasteiger partial charge in [-0.1, -0.05) is 12.1 Å². The number of likely N-dealkylation sites (tertiary alicyclic amines) is 1. The molecule has 2 aromatic carbocycles. The molecule has 3 rings (SSSR count). The lowest BCUT2D eigenvalue weighted by Gasteiger charge is -2.31. The molecule has 0 spiro atoms. The number of amides is 2. The van der Waals surface area contributed by atoms with Crippen molar-refractivity contribution >= 4 is 33.5 Å². The molecule has 1 aliphatic heterocycles. The van der Waals surface area contributed by atoms with Gasteiger partial charge < -0.3 is 15.4 Å². The average Bonchev–Trinajstić information content (AvgIpc) is 2.78. The molecule has 0 aromatic heterocycles. The number of hydrogen-bond acceptors (Lipinski definition) is 6. The zero-order valence-electron chi connectivity index (χ0n) is 17.2. The van der Waals surface area contributed by atoms with E-state index in [1.54, 1.807) is 6.07 Å². The first-order valence-corrected chi connectivity index (χ1v) is 11.2. The Kier molecular flexibility index (Phi) is 6.78. The molecule has 0 atom stereocenters. The molecular formula is C21H22FN3O6S. The summed E-state index contributed by atoms with van der Waals surface area (Å²) in [5.74, 6) is -3.05. The first-order valence-electron chi connectivity index (χ1n) is 9.72. The number of piperidine rings is 1. The summed E-state index contributed by atoms with van der Waals surface area (Å²) >= 11 is 0. The van der Waals surface area contributed by atoms with E-state index in [0.29, 0.717) is 25.9 Å². The van der Waals surface area contributed by atoms with Crippen LogP contribution in [0.1, 0.15) is 33.6 Å². The van der Waals surface area contributed by atoms with E-state index in [1.807, 2.05) is 0 Å². The van der Waals surface area contributed by atoms with E-state index in [0.717, 1.165) is 25.3 Å². The van der Waals surface area contributed by atoms with Gasteiger partial charge in [0.25, 0.3) is 15.9 Å². The zero-order valence-corrected chi connectivity index (χ0v) is 18.0. The normalized spacial score (nSPS) is 14.6. The predicted molar refractivity (Wildman–Crippen MR) is 113 cm³/mol. The highest BCUT2D eigenvalue weighted by Gasteiger charge is 2.29. The van der Waals surface area contributed by atoms with E-state index >= 15 is 0 Å². The third kappa shape index (κ3) is 4.88. The molecule has 0 aliphatic carbocycles. The predicted octanol–water partition coefficient (Wildman–Crippen LogP) is 1.75. The smallest absolute Gasteiger partial charge is 0.337 e. The van der Waals surface area contributed by atoms with Crippen LogP contribution in [0.25, 0.3) is 0 Å². The number of ether oxygens (including phenoxy) is 1. The minimum Gasteiger partial charge on any atom is -0.465 e. The lowest BCUT2D eigenvalue weighted by Crippen LogP contribution is -2.42. The summed E-state index contributed by atoms with van der Waals surface area (Å²) < 4.78 is 46.8. The number of hydrogen-bond donors (Lipinski definition) is 2. The highest BCUT2D eigenvalue weighted by molar-refractivity contribution is 7.92. The van der Waals surface area contributed by atoms with E-state index in [4.69, 9.17) is 5.73 Å². The maximum Gasteiger partial charge on any atom is 0.337 e. The summed E-state index contributed by atoms with van der Waals surface area (Å²) in [5, 5.41) is 0. The van der Waals surface area contributed by atoms with Crippen LogP contribution in [0.2, 0.25) is 0 Å². The molecule has 1 saturated heterocycles. The van der Waals surface area contributed by atoms with Crippen LogP contribution in [0.15, 0.2) is 47.4 Å². The largest absolute Gasteiger partial charge is 0.465 e. The number of halogens is 1. The molecule has 11 heteroatoms. The Morgan fingerprint density at radius 3 is 2.41 bits per heavy atom. The van der Waals surface area contributed by atoms with Gasteiger partial charge in [-0.3, -0.25) is 14.3 Å². The monoisotopic (exact) mass is 463 g/mol. The highest BCUT2D eigenvalue weighted by Crippen LogP contribution is 2.26. The van der Waals surface area contributed by atoms with E-state index < -0.39 is 38.5 Å². The fraction of sp³-hybridized carbons (Fsp3) is 0.286. The Balaban J connectivity index is 1.87. The summed E-state index contributed by atoms with van der Waals surface area (Å²) in [6, 6.07) is 8.73. The SMILES string of the molecule is COC(=O)c1ccc(F)c(S(=O)(=O)Nc2ccccc2C(=O)N2CCC(C(N)=O)CC2)c1. The second-order valence-corrected chi connectivity index (χ2v) is 8.91. The van der Waals surface area contributed by atoms with Gasteiger partial charge in [-0.25, -0.2) is 17.6 Å². The number of carbonyl (C=O) groups is 3. The highest BCUT2D eigenvalue weighted by atomic mass is 32.2. The molecule has 9 nitrogen and oxygen atoms in total. The Morgan fingerprint density at radius 2 is 1.78 bits per heavy atom. The van der Waals surface area contributed by atoms with Crippen LogP contribution in [-0.2, 0) is 19.6 Å². The van der Waals surface area contributed by atoms with Gasteiger partial charge in [-0.05, 0) is 43.2 Å². The fourth-order valence-corrected chi connectivity index (χ4v) is 4.63. The lowest BCUT2D eigenvalue weighted by molar-refractivity contribution is -0.123. The van der Waals surface area contributed by atoms with E-state index in [-0.39, 0.29) is 22.7 Å². The molecule has 0 unspecified atom stereocenters. The van der Waals surface area contributed by atoms with Gasteiger partial charge in [0.05, 0.1) is 23.9 Å². The molecule has 170 valence electrons. The Bertz CT molecular complexity index is 1160. The van der Waals surface area contributed by atoms with Gasteiger partial charge in [0.15, 0.2) is 0 Å². The number of esters is 1. The van der Waals surface area contributed by atoms with Crippen molar-refractivity contribution < 1.29 is 31.9 Å². The maximum absolute atomic E-state index is 14.3. The summed E-state index contributed by atoms with van der Waals surface area (Å²) in [7, 11) is -3.36. The Morgan fingerprint density at radius 1 is 1.12 bits per heavy atom. The van der Waals surface area contributed by atoms with E-state index in [1.165, 1.54) is 23.1 Å². The summed E-state index contributed by atoms with van der Waals surface area (Å²) in [5.41, 5.74) is 5.20. The number of carbonyl (C=O) groups excluding carboxylic acids is 3. The molecule has 2 amide bonds. The molecule has 1 heterocycles. The van der Waals surface area contributed by atoms with E-state index in [9.17, 15) is 27.2 Å². The third-order valence-electron chi connectivity index (χ3n) is 5.23. The lowest BCUT2D eigenvalue weighted by atomic mass is 9.96. The van der Waals surface area contributed by atoms with Gasteiger partial charge in [-0.2, -0.15) is 0 Å². The molecule has 0 radical (unpaired) electrons. The first kappa shape index (κ1) is 23.2. The molecule has 3 N–H and O–H groups in total. The molecule has 1 fully saturated rings. The van der Waals surface area contributed by atoms with Crippen molar-refractivity contribution in [2.75, 3.05) is 24.9 Å². The summed E-state index contributed by atoms with van der Waals surface area (Å²) in [6.07, 6.45) is 0.834. The molecule has 0 saturated carbocycles.